The molecule has 1 atom stereocenters. The molecule has 0 heterocycles. The first-order chi connectivity index (χ1) is 9.47. The van der Waals surface area contributed by atoms with Crippen molar-refractivity contribution in [3.8, 4) is 24.7 Å². The fourth-order valence-corrected chi connectivity index (χ4v) is 2.18. The highest BCUT2D eigenvalue weighted by atomic mass is 35.5. The molecule has 1 rings (SSSR count). The molecule has 0 fully saturated rings. The van der Waals surface area contributed by atoms with Crippen molar-refractivity contribution in [1.82, 2.24) is 4.90 Å². The lowest BCUT2D eigenvalue weighted by Gasteiger charge is -2.19. The molecule has 20 heavy (non-hydrogen) atoms. The van der Waals surface area contributed by atoms with Gasteiger partial charge < -0.3 is 10.0 Å². The van der Waals surface area contributed by atoms with Gasteiger partial charge in [0.15, 0.2) is 0 Å². The molecule has 0 aliphatic carbocycles. The van der Waals surface area contributed by atoms with E-state index < -0.39 is 6.10 Å². The Labute approximate surface area is 128 Å². The Morgan fingerprint density at radius 2 is 1.70 bits per heavy atom. The minimum Gasteiger partial charge on any atom is -0.388 e. The van der Waals surface area contributed by atoms with Gasteiger partial charge in [0.2, 0.25) is 5.91 Å². The third kappa shape index (κ3) is 4.79. The number of aliphatic hydroxyl groups excluding tert-OH is 1. The van der Waals surface area contributed by atoms with Gasteiger partial charge in [-0.05, 0) is 23.8 Å². The van der Waals surface area contributed by atoms with E-state index in [-0.39, 0.29) is 25.4 Å². The van der Waals surface area contributed by atoms with Crippen LogP contribution in [-0.2, 0) is 4.79 Å². The van der Waals surface area contributed by atoms with Crippen LogP contribution in [0.25, 0.3) is 0 Å². The lowest BCUT2D eigenvalue weighted by atomic mass is 10.1. The summed E-state index contributed by atoms with van der Waals surface area (Å²) in [6.45, 7) is 0.206. The molecule has 0 aliphatic rings. The summed E-state index contributed by atoms with van der Waals surface area (Å²) in [4.78, 5) is 13.3. The zero-order valence-electron chi connectivity index (χ0n) is 10.6. The topological polar surface area (TPSA) is 40.5 Å². The number of rotatable bonds is 5. The van der Waals surface area contributed by atoms with Crippen LogP contribution in [0.2, 0.25) is 10.0 Å². The fraction of sp³-hybridized carbons (Fsp3) is 0.267. The largest absolute Gasteiger partial charge is 0.388 e. The van der Waals surface area contributed by atoms with E-state index in [0.29, 0.717) is 15.6 Å². The van der Waals surface area contributed by atoms with Gasteiger partial charge in [0.1, 0.15) is 0 Å². The van der Waals surface area contributed by atoms with Crippen LogP contribution in [0.5, 0.6) is 0 Å². The Bertz CT molecular complexity index is 536. The van der Waals surface area contributed by atoms with Crippen molar-refractivity contribution in [2.24, 2.45) is 0 Å². The zero-order chi connectivity index (χ0) is 15.1. The second kappa shape index (κ2) is 7.82. The Morgan fingerprint density at radius 3 is 2.15 bits per heavy atom. The molecule has 5 heteroatoms. The smallest absolute Gasteiger partial charge is 0.227 e. The molecular formula is C15H13Cl2NO2. The predicted octanol–water partition coefficient (Wildman–Crippen LogP) is 2.51. The normalized spacial score (nSPS) is 11.2. The summed E-state index contributed by atoms with van der Waals surface area (Å²) in [5.74, 6) is 4.37. The Balaban J connectivity index is 2.78. The third-order valence-electron chi connectivity index (χ3n) is 2.55. The number of aliphatic hydroxyl groups is 1. The molecular weight excluding hydrogens is 297 g/mol. The maximum atomic E-state index is 12.0. The Kier molecular flexibility index (Phi) is 6.42. The van der Waals surface area contributed by atoms with E-state index in [2.05, 4.69) is 11.8 Å². The van der Waals surface area contributed by atoms with E-state index in [9.17, 15) is 9.90 Å². The molecule has 1 amide bonds. The summed E-state index contributed by atoms with van der Waals surface area (Å²) < 4.78 is 0. The molecule has 3 nitrogen and oxygen atoms in total. The molecule has 1 N–H and O–H groups in total. The SMILES string of the molecule is C#CCN(CC#C)C(=O)CC(O)c1cc(Cl)cc(Cl)c1. The minimum absolute atomic E-state index is 0.103. The van der Waals surface area contributed by atoms with Crippen molar-refractivity contribution < 1.29 is 9.90 Å². The second-order valence-electron chi connectivity index (χ2n) is 4.08. The van der Waals surface area contributed by atoms with Gasteiger partial charge in [0.05, 0.1) is 25.6 Å². The van der Waals surface area contributed by atoms with Crippen LogP contribution in [0.15, 0.2) is 18.2 Å². The van der Waals surface area contributed by atoms with E-state index in [4.69, 9.17) is 36.0 Å². The van der Waals surface area contributed by atoms with Gasteiger partial charge in [-0.25, -0.2) is 0 Å². The van der Waals surface area contributed by atoms with E-state index in [1.165, 1.54) is 4.90 Å². The molecule has 0 aromatic heterocycles. The van der Waals surface area contributed by atoms with Crippen molar-refractivity contribution in [2.75, 3.05) is 13.1 Å². The quantitative estimate of drug-likeness (QED) is 0.849. The first kappa shape index (κ1) is 16.4. The molecule has 1 unspecified atom stereocenters. The maximum absolute atomic E-state index is 12.0. The number of hydrogen-bond donors (Lipinski definition) is 1. The average Bonchev–Trinajstić information content (AvgIpc) is 2.37. The number of benzene rings is 1. The summed E-state index contributed by atoms with van der Waals surface area (Å²) in [5, 5.41) is 10.8. The third-order valence-corrected chi connectivity index (χ3v) is 2.99. The summed E-state index contributed by atoms with van der Waals surface area (Å²) in [6.07, 6.45) is 9.18. The van der Waals surface area contributed by atoms with Gasteiger partial charge in [-0.3, -0.25) is 4.79 Å². The van der Waals surface area contributed by atoms with Gasteiger partial charge in [0.25, 0.3) is 0 Å². The highest BCUT2D eigenvalue weighted by Gasteiger charge is 2.18. The van der Waals surface area contributed by atoms with Crippen LogP contribution in [0, 0.1) is 24.7 Å². The molecule has 1 aromatic rings. The van der Waals surface area contributed by atoms with E-state index in [0.717, 1.165) is 0 Å². The molecule has 104 valence electrons. The molecule has 0 radical (unpaired) electrons. The van der Waals surface area contributed by atoms with Gasteiger partial charge in [0, 0.05) is 10.0 Å². The summed E-state index contributed by atoms with van der Waals surface area (Å²) in [5.41, 5.74) is 0.470. The van der Waals surface area contributed by atoms with E-state index >= 15 is 0 Å². The van der Waals surface area contributed by atoms with Gasteiger partial charge in [-0.2, -0.15) is 0 Å². The van der Waals surface area contributed by atoms with Crippen molar-refractivity contribution in [2.45, 2.75) is 12.5 Å². The van der Waals surface area contributed by atoms with E-state index in [1.807, 2.05) is 0 Å². The lowest BCUT2D eigenvalue weighted by molar-refractivity contribution is -0.132. The predicted molar refractivity (Wildman–Crippen MR) is 80.3 cm³/mol. The summed E-state index contributed by atoms with van der Waals surface area (Å²) in [7, 11) is 0. The first-order valence-corrected chi connectivity index (χ1v) is 6.52. The highest BCUT2D eigenvalue weighted by Crippen LogP contribution is 2.25. The Hall–Kier alpha value is -1.65. The number of carbonyl (C=O) groups excluding carboxylic acids is 1. The monoisotopic (exact) mass is 309 g/mol. The van der Waals surface area contributed by atoms with Gasteiger partial charge in [-0.1, -0.05) is 35.0 Å². The molecule has 0 saturated heterocycles. The fourth-order valence-electron chi connectivity index (χ4n) is 1.63. The Morgan fingerprint density at radius 1 is 1.20 bits per heavy atom. The lowest BCUT2D eigenvalue weighted by Crippen LogP contribution is -2.32. The molecule has 0 spiro atoms. The number of terminal acetylenes is 2. The molecule has 1 aromatic carbocycles. The number of halogens is 2. The number of nitrogens with zero attached hydrogens (tertiary/aromatic N) is 1. The van der Waals surface area contributed by atoms with Crippen LogP contribution in [0.3, 0.4) is 0 Å². The minimum atomic E-state index is -1.02. The molecule has 0 bridgehead atoms. The van der Waals surface area contributed by atoms with Gasteiger partial charge >= 0.3 is 0 Å². The van der Waals surface area contributed by atoms with Crippen LogP contribution >= 0.6 is 23.2 Å². The van der Waals surface area contributed by atoms with Crippen LogP contribution in [-0.4, -0.2) is 29.0 Å². The van der Waals surface area contributed by atoms with Gasteiger partial charge in [-0.15, -0.1) is 12.8 Å². The van der Waals surface area contributed by atoms with Crippen LogP contribution < -0.4 is 0 Å². The molecule has 0 saturated carbocycles. The van der Waals surface area contributed by atoms with Crippen LogP contribution in [0.1, 0.15) is 18.1 Å². The highest BCUT2D eigenvalue weighted by molar-refractivity contribution is 6.34. The first-order valence-electron chi connectivity index (χ1n) is 5.76. The van der Waals surface area contributed by atoms with Crippen molar-refractivity contribution >= 4 is 29.1 Å². The summed E-state index contributed by atoms with van der Waals surface area (Å²) >= 11 is 11.7. The van der Waals surface area contributed by atoms with Crippen molar-refractivity contribution in [3.63, 3.8) is 0 Å². The standard InChI is InChI=1S/C15H13Cl2NO2/c1-3-5-18(6-4-2)15(20)10-14(19)11-7-12(16)9-13(17)8-11/h1-2,7-9,14,19H,5-6,10H2. The summed E-state index contributed by atoms with van der Waals surface area (Å²) in [6, 6.07) is 4.65. The number of amides is 1. The van der Waals surface area contributed by atoms with E-state index in [1.54, 1.807) is 18.2 Å². The molecule has 0 aliphatic heterocycles. The number of hydrogen-bond acceptors (Lipinski definition) is 2. The second-order valence-corrected chi connectivity index (χ2v) is 4.95. The zero-order valence-corrected chi connectivity index (χ0v) is 12.2. The average molecular weight is 310 g/mol. The van der Waals surface area contributed by atoms with Crippen LogP contribution in [0.4, 0.5) is 0 Å². The van der Waals surface area contributed by atoms with Crippen molar-refractivity contribution in [3.05, 3.63) is 33.8 Å². The number of carbonyl (C=O) groups is 1. The maximum Gasteiger partial charge on any atom is 0.227 e. The van der Waals surface area contributed by atoms with Crippen molar-refractivity contribution in [1.29, 1.82) is 0 Å².